The molecule has 0 aliphatic heterocycles. The Morgan fingerprint density at radius 1 is 1.00 bits per heavy atom. The third-order valence-electron chi connectivity index (χ3n) is 2.41. The topological polar surface area (TPSA) is 58.5 Å². The summed E-state index contributed by atoms with van der Waals surface area (Å²) in [4.78, 5) is 2.33. The molecule has 2 aromatic rings. The highest BCUT2D eigenvalue weighted by atomic mass is 79.9. The van der Waals surface area contributed by atoms with E-state index in [4.69, 9.17) is 0 Å². The van der Waals surface area contributed by atoms with E-state index >= 15 is 0 Å². The average molecular weight is 418 g/mol. The van der Waals surface area contributed by atoms with Gasteiger partial charge in [0.05, 0.1) is 11.1 Å². The molecule has 0 aliphatic carbocycles. The standard InChI is InChI=1S/C13H10Br2N2O2S/c14-11-5-7-12(8-6-11)20(18,19)17-16-9-10-3-1-2-4-13(10)15/h1-9,17H. The van der Waals surface area contributed by atoms with Crippen molar-refractivity contribution in [2.75, 3.05) is 0 Å². The van der Waals surface area contributed by atoms with Crippen LogP contribution in [0, 0.1) is 0 Å². The summed E-state index contributed by atoms with van der Waals surface area (Å²) in [6, 6.07) is 13.7. The highest BCUT2D eigenvalue weighted by Crippen LogP contribution is 2.15. The number of benzene rings is 2. The van der Waals surface area contributed by atoms with E-state index in [1.54, 1.807) is 12.1 Å². The molecule has 0 aliphatic rings. The summed E-state index contributed by atoms with van der Waals surface area (Å²) in [5, 5.41) is 3.77. The molecule has 0 aromatic heterocycles. The lowest BCUT2D eigenvalue weighted by Gasteiger charge is -2.03. The molecule has 0 heterocycles. The van der Waals surface area contributed by atoms with E-state index in [0.29, 0.717) is 0 Å². The van der Waals surface area contributed by atoms with Crippen LogP contribution in [0.15, 0.2) is 67.5 Å². The minimum Gasteiger partial charge on any atom is -0.200 e. The highest BCUT2D eigenvalue weighted by Gasteiger charge is 2.11. The maximum absolute atomic E-state index is 12.0. The minimum absolute atomic E-state index is 0.157. The summed E-state index contributed by atoms with van der Waals surface area (Å²) in [6.07, 6.45) is 1.44. The molecule has 0 bridgehead atoms. The molecule has 0 amide bonds. The van der Waals surface area contributed by atoms with Gasteiger partial charge in [-0.15, -0.1) is 0 Å². The Bertz CT molecular complexity index is 728. The van der Waals surface area contributed by atoms with Crippen LogP contribution >= 0.6 is 31.9 Å². The van der Waals surface area contributed by atoms with Crippen molar-refractivity contribution >= 4 is 48.1 Å². The number of hydrazone groups is 1. The fourth-order valence-corrected chi connectivity index (χ4v) is 2.85. The van der Waals surface area contributed by atoms with Gasteiger partial charge in [0.1, 0.15) is 0 Å². The van der Waals surface area contributed by atoms with Crippen LogP contribution in [0.1, 0.15) is 5.56 Å². The van der Waals surface area contributed by atoms with Gasteiger partial charge in [-0.3, -0.25) is 0 Å². The zero-order valence-corrected chi connectivity index (χ0v) is 14.1. The van der Waals surface area contributed by atoms with Gasteiger partial charge in [0, 0.05) is 14.5 Å². The van der Waals surface area contributed by atoms with E-state index < -0.39 is 10.0 Å². The minimum atomic E-state index is -3.64. The number of sulfonamides is 1. The van der Waals surface area contributed by atoms with Crippen molar-refractivity contribution in [3.05, 3.63) is 63.0 Å². The summed E-state index contributed by atoms with van der Waals surface area (Å²) < 4.78 is 25.6. The average Bonchev–Trinajstić information content (AvgIpc) is 2.41. The molecular weight excluding hydrogens is 408 g/mol. The van der Waals surface area contributed by atoms with Gasteiger partial charge in [-0.2, -0.15) is 13.5 Å². The Hall–Kier alpha value is -1.18. The van der Waals surface area contributed by atoms with Crippen molar-refractivity contribution in [2.24, 2.45) is 5.10 Å². The lowest BCUT2D eigenvalue weighted by atomic mass is 10.2. The maximum Gasteiger partial charge on any atom is 0.276 e. The first-order chi connectivity index (χ1) is 9.49. The smallest absolute Gasteiger partial charge is 0.200 e. The second kappa shape index (κ2) is 6.51. The summed E-state index contributed by atoms with van der Waals surface area (Å²) in [5.41, 5.74) is 0.783. The SMILES string of the molecule is O=S(=O)(NN=Cc1ccccc1Br)c1ccc(Br)cc1. The van der Waals surface area contributed by atoms with Crippen molar-refractivity contribution in [1.29, 1.82) is 0 Å². The van der Waals surface area contributed by atoms with Crippen molar-refractivity contribution in [2.45, 2.75) is 4.90 Å². The van der Waals surface area contributed by atoms with E-state index in [1.165, 1.54) is 18.3 Å². The lowest BCUT2D eigenvalue weighted by molar-refractivity contribution is 0.584. The van der Waals surface area contributed by atoms with Crippen LogP contribution in [-0.2, 0) is 10.0 Å². The Morgan fingerprint density at radius 2 is 1.65 bits per heavy atom. The molecule has 1 N–H and O–H groups in total. The van der Waals surface area contributed by atoms with Crippen LogP contribution in [0.2, 0.25) is 0 Å². The first kappa shape index (κ1) is 15.2. The Labute approximate surface area is 134 Å². The predicted molar refractivity (Wildman–Crippen MR) is 86.2 cm³/mol. The Balaban J connectivity index is 2.14. The molecule has 0 saturated carbocycles. The summed E-state index contributed by atoms with van der Waals surface area (Å²) >= 11 is 6.61. The number of nitrogens with one attached hydrogen (secondary N) is 1. The molecule has 2 aromatic carbocycles. The van der Waals surface area contributed by atoms with Crippen LogP contribution in [0.25, 0.3) is 0 Å². The molecule has 4 nitrogen and oxygen atoms in total. The summed E-state index contributed by atoms with van der Waals surface area (Å²) in [6.45, 7) is 0. The Morgan fingerprint density at radius 3 is 2.30 bits per heavy atom. The van der Waals surface area contributed by atoms with Crippen LogP contribution in [0.3, 0.4) is 0 Å². The van der Waals surface area contributed by atoms with Crippen LogP contribution in [-0.4, -0.2) is 14.6 Å². The van der Waals surface area contributed by atoms with E-state index in [2.05, 4.69) is 41.8 Å². The fraction of sp³-hybridized carbons (Fsp3) is 0. The second-order valence-corrected chi connectivity index (χ2v) is 7.26. The highest BCUT2D eigenvalue weighted by molar-refractivity contribution is 9.10. The zero-order valence-electron chi connectivity index (χ0n) is 10.1. The van der Waals surface area contributed by atoms with Gasteiger partial charge in [-0.25, -0.2) is 4.83 Å². The van der Waals surface area contributed by atoms with Crippen molar-refractivity contribution < 1.29 is 8.42 Å². The van der Waals surface area contributed by atoms with Gasteiger partial charge in [0.15, 0.2) is 0 Å². The number of nitrogens with zero attached hydrogens (tertiary/aromatic N) is 1. The third kappa shape index (κ3) is 3.91. The summed E-state index contributed by atoms with van der Waals surface area (Å²) in [7, 11) is -3.64. The molecule has 0 unspecified atom stereocenters. The normalized spacial score (nSPS) is 11.7. The quantitative estimate of drug-likeness (QED) is 0.611. The first-order valence-corrected chi connectivity index (χ1v) is 8.61. The lowest BCUT2D eigenvalue weighted by Crippen LogP contribution is -2.18. The monoisotopic (exact) mass is 416 g/mol. The van der Waals surface area contributed by atoms with E-state index in [1.807, 2.05) is 24.3 Å². The molecule has 7 heteroatoms. The summed E-state index contributed by atoms with van der Waals surface area (Å²) in [5.74, 6) is 0. The van der Waals surface area contributed by atoms with Gasteiger partial charge in [-0.05, 0) is 30.3 Å². The second-order valence-electron chi connectivity index (χ2n) is 3.83. The van der Waals surface area contributed by atoms with Crippen molar-refractivity contribution in [3.8, 4) is 0 Å². The molecule has 0 radical (unpaired) electrons. The molecule has 2 rings (SSSR count). The number of hydrogen-bond acceptors (Lipinski definition) is 3. The van der Waals surface area contributed by atoms with Crippen LogP contribution in [0.5, 0.6) is 0 Å². The van der Waals surface area contributed by atoms with Gasteiger partial charge < -0.3 is 0 Å². The molecule has 0 saturated heterocycles. The van der Waals surface area contributed by atoms with Crippen molar-refractivity contribution in [3.63, 3.8) is 0 Å². The van der Waals surface area contributed by atoms with Crippen LogP contribution in [0.4, 0.5) is 0 Å². The number of hydrogen-bond donors (Lipinski definition) is 1. The molecule has 0 atom stereocenters. The maximum atomic E-state index is 12.0. The predicted octanol–water partition coefficient (Wildman–Crippen LogP) is 3.52. The number of rotatable bonds is 4. The molecule has 20 heavy (non-hydrogen) atoms. The van der Waals surface area contributed by atoms with Gasteiger partial charge in [0.25, 0.3) is 10.0 Å². The van der Waals surface area contributed by atoms with Crippen molar-refractivity contribution in [1.82, 2.24) is 4.83 Å². The molecule has 0 spiro atoms. The van der Waals surface area contributed by atoms with Gasteiger partial charge >= 0.3 is 0 Å². The fourth-order valence-electron chi connectivity index (χ4n) is 1.41. The van der Waals surface area contributed by atoms with E-state index in [9.17, 15) is 8.42 Å². The third-order valence-corrected chi connectivity index (χ3v) is 4.90. The molecular formula is C13H10Br2N2O2S. The Kier molecular flexibility index (Phi) is 4.95. The van der Waals surface area contributed by atoms with E-state index in [-0.39, 0.29) is 4.90 Å². The largest absolute Gasteiger partial charge is 0.276 e. The zero-order chi connectivity index (χ0) is 14.6. The van der Waals surface area contributed by atoms with Gasteiger partial charge in [0.2, 0.25) is 0 Å². The van der Waals surface area contributed by atoms with Crippen LogP contribution < -0.4 is 4.83 Å². The molecule has 0 fully saturated rings. The number of halogens is 2. The van der Waals surface area contributed by atoms with E-state index in [0.717, 1.165) is 14.5 Å². The molecule has 104 valence electrons. The first-order valence-electron chi connectivity index (χ1n) is 5.54. The van der Waals surface area contributed by atoms with Gasteiger partial charge in [-0.1, -0.05) is 50.1 Å².